The lowest BCUT2D eigenvalue weighted by Gasteiger charge is -2.24. The number of benzene rings is 1. The summed E-state index contributed by atoms with van der Waals surface area (Å²) < 4.78 is 15.7. The zero-order valence-electron chi connectivity index (χ0n) is 15.1. The van der Waals surface area contributed by atoms with Crippen molar-refractivity contribution in [2.45, 2.75) is 39.2 Å². The monoisotopic (exact) mass is 327 g/mol. The smallest absolute Gasteiger partial charge is 0.377 e. The molecule has 0 fully saturated rings. The van der Waals surface area contributed by atoms with Crippen LogP contribution in [0.5, 0.6) is 0 Å². The molecule has 0 atom stereocenters. The summed E-state index contributed by atoms with van der Waals surface area (Å²) in [5, 5.41) is 3.07. The third kappa shape index (κ3) is 8.05. The van der Waals surface area contributed by atoms with Crippen LogP contribution in [-0.2, 0) is 26.1 Å². The average molecular weight is 328 g/mol. The Morgan fingerprint density at radius 1 is 0.864 bits per heavy atom. The first-order valence-corrected chi connectivity index (χ1v) is 9.92. The summed E-state index contributed by atoms with van der Waals surface area (Å²) in [6, 6.07) is 9.69. The van der Waals surface area contributed by atoms with Crippen molar-refractivity contribution < 1.29 is 13.3 Å². The van der Waals surface area contributed by atoms with Gasteiger partial charge >= 0.3 is 8.80 Å². The van der Waals surface area contributed by atoms with Crippen LogP contribution in [0.1, 0.15) is 31.4 Å². The molecule has 1 aromatic rings. The molecule has 22 heavy (non-hydrogen) atoms. The van der Waals surface area contributed by atoms with Crippen LogP contribution < -0.4 is 5.32 Å². The predicted octanol–water partition coefficient (Wildman–Crippen LogP) is 3.29. The number of hydrogen-bond donors (Lipinski definition) is 1. The highest BCUT2D eigenvalue weighted by Gasteiger charge is 2.36. The highest BCUT2D eigenvalue weighted by atomic mass is 28.4. The van der Waals surface area contributed by atoms with Crippen LogP contribution >= 0.6 is 0 Å². The average Bonchev–Trinajstić information content (AvgIpc) is 2.60. The maximum atomic E-state index is 5.25. The second-order valence-electron chi connectivity index (χ2n) is 5.03. The number of hydrogen-bond acceptors (Lipinski definition) is 4. The molecule has 5 heteroatoms. The lowest BCUT2D eigenvalue weighted by Crippen LogP contribution is -2.43. The molecule has 0 radical (unpaired) electrons. The van der Waals surface area contributed by atoms with Crippen molar-refractivity contribution in [3.05, 3.63) is 35.4 Å². The van der Waals surface area contributed by atoms with E-state index in [1.54, 1.807) is 21.3 Å². The molecule has 0 amide bonds. The summed E-state index contributed by atoms with van der Waals surface area (Å²) in [6.45, 7) is 5.33. The van der Waals surface area contributed by atoms with E-state index in [9.17, 15) is 0 Å². The van der Waals surface area contributed by atoms with Crippen LogP contribution in [0.25, 0.3) is 0 Å². The van der Waals surface area contributed by atoms with Gasteiger partial charge in [-0.05, 0) is 44.0 Å². The van der Waals surface area contributed by atoms with Gasteiger partial charge in [0, 0.05) is 27.4 Å². The van der Waals surface area contributed by atoms with E-state index in [0.29, 0.717) is 0 Å². The molecule has 0 saturated heterocycles. The van der Waals surface area contributed by atoms with E-state index in [1.165, 1.54) is 11.1 Å². The van der Waals surface area contributed by atoms with Crippen LogP contribution in [-0.4, -0.2) is 43.7 Å². The highest BCUT2D eigenvalue weighted by molar-refractivity contribution is 6.60. The minimum absolute atomic E-state index is 0.858. The van der Waals surface area contributed by atoms with Crippen LogP contribution in [0.15, 0.2) is 24.3 Å². The maximum Gasteiger partial charge on any atom is 0.500 e. The van der Waals surface area contributed by atoms with Gasteiger partial charge in [-0.3, -0.25) is 0 Å². The number of nitrogens with one attached hydrogen (secondary N) is 1. The SMILES string of the molecule is CCc1ccc(CC)cc1.CNCCC[Si](OC)(OC)OC. The number of aryl methyl sites for hydroxylation is 2. The van der Waals surface area contributed by atoms with Crippen molar-refractivity contribution in [1.82, 2.24) is 5.32 Å². The van der Waals surface area contributed by atoms with E-state index in [1.807, 2.05) is 7.05 Å². The van der Waals surface area contributed by atoms with Gasteiger partial charge in [0.15, 0.2) is 0 Å². The summed E-state index contributed by atoms with van der Waals surface area (Å²) in [4.78, 5) is 0. The second kappa shape index (κ2) is 12.8. The largest absolute Gasteiger partial charge is 0.500 e. The normalized spacial score (nSPS) is 11.0. The molecule has 0 aliphatic heterocycles. The number of rotatable bonds is 9. The van der Waals surface area contributed by atoms with Gasteiger partial charge in [0.1, 0.15) is 0 Å². The van der Waals surface area contributed by atoms with Crippen molar-refractivity contribution in [1.29, 1.82) is 0 Å². The Hall–Kier alpha value is -0.723. The standard InChI is InChI=1S/C10H14.C7H19NO3Si/c1-3-9-5-7-10(4-2)8-6-9;1-8-6-5-7-12(9-2,10-3)11-4/h5-8H,3-4H2,1-2H3;8H,5-7H2,1-4H3. The molecule has 1 rings (SSSR count). The van der Waals surface area contributed by atoms with E-state index in [0.717, 1.165) is 31.9 Å². The van der Waals surface area contributed by atoms with Crippen molar-refractivity contribution in [2.75, 3.05) is 34.9 Å². The van der Waals surface area contributed by atoms with Crippen LogP contribution in [0.3, 0.4) is 0 Å². The van der Waals surface area contributed by atoms with Crippen molar-refractivity contribution in [2.24, 2.45) is 0 Å². The molecular formula is C17H33NO3Si. The van der Waals surface area contributed by atoms with Gasteiger partial charge < -0.3 is 18.6 Å². The minimum atomic E-state index is -2.29. The first kappa shape index (κ1) is 21.3. The molecule has 0 aromatic heterocycles. The molecule has 128 valence electrons. The molecule has 1 aromatic carbocycles. The molecule has 0 aliphatic carbocycles. The molecular weight excluding hydrogens is 294 g/mol. The summed E-state index contributed by atoms with van der Waals surface area (Å²) in [6.07, 6.45) is 3.30. The van der Waals surface area contributed by atoms with Crippen molar-refractivity contribution in [3.63, 3.8) is 0 Å². The summed E-state index contributed by atoms with van der Waals surface area (Å²) in [5.41, 5.74) is 2.86. The molecule has 0 bridgehead atoms. The van der Waals surface area contributed by atoms with E-state index in [2.05, 4.69) is 43.4 Å². The molecule has 0 spiro atoms. The zero-order valence-corrected chi connectivity index (χ0v) is 16.1. The molecule has 0 saturated carbocycles. The molecule has 0 heterocycles. The van der Waals surface area contributed by atoms with Gasteiger partial charge in [-0.15, -0.1) is 0 Å². The summed E-state index contributed by atoms with van der Waals surface area (Å²) in [5.74, 6) is 0. The third-order valence-corrected chi connectivity index (χ3v) is 6.51. The van der Waals surface area contributed by atoms with Gasteiger partial charge in [0.25, 0.3) is 0 Å². The quantitative estimate of drug-likeness (QED) is 0.558. The van der Waals surface area contributed by atoms with Gasteiger partial charge in [-0.1, -0.05) is 38.1 Å². The first-order valence-electron chi connectivity index (χ1n) is 7.99. The zero-order chi connectivity index (χ0) is 16.8. The van der Waals surface area contributed by atoms with Crippen LogP contribution in [0.4, 0.5) is 0 Å². The van der Waals surface area contributed by atoms with E-state index in [4.69, 9.17) is 13.3 Å². The fourth-order valence-corrected chi connectivity index (χ4v) is 3.77. The molecule has 1 N–H and O–H groups in total. The Morgan fingerprint density at radius 2 is 1.27 bits per heavy atom. The first-order chi connectivity index (χ1) is 10.6. The Balaban J connectivity index is 0.000000406. The second-order valence-corrected chi connectivity index (χ2v) is 8.12. The van der Waals surface area contributed by atoms with Gasteiger partial charge in [-0.25, -0.2) is 0 Å². The predicted molar refractivity (Wildman–Crippen MR) is 95.3 cm³/mol. The van der Waals surface area contributed by atoms with E-state index in [-0.39, 0.29) is 0 Å². The lowest BCUT2D eigenvalue weighted by molar-refractivity contribution is 0.123. The fourth-order valence-electron chi connectivity index (χ4n) is 2.05. The molecule has 4 nitrogen and oxygen atoms in total. The molecule has 0 aliphatic rings. The Morgan fingerprint density at radius 3 is 1.55 bits per heavy atom. The topological polar surface area (TPSA) is 39.7 Å². The maximum absolute atomic E-state index is 5.25. The van der Waals surface area contributed by atoms with Crippen molar-refractivity contribution in [3.8, 4) is 0 Å². The highest BCUT2D eigenvalue weighted by Crippen LogP contribution is 2.13. The van der Waals surface area contributed by atoms with Crippen LogP contribution in [0.2, 0.25) is 6.04 Å². The van der Waals surface area contributed by atoms with Gasteiger partial charge in [0.2, 0.25) is 0 Å². The van der Waals surface area contributed by atoms with Crippen LogP contribution in [0, 0.1) is 0 Å². The van der Waals surface area contributed by atoms with Gasteiger partial charge in [0.05, 0.1) is 0 Å². The third-order valence-electron chi connectivity index (χ3n) is 3.68. The minimum Gasteiger partial charge on any atom is -0.377 e. The molecule has 0 unspecified atom stereocenters. The van der Waals surface area contributed by atoms with E-state index >= 15 is 0 Å². The van der Waals surface area contributed by atoms with E-state index < -0.39 is 8.80 Å². The Kier molecular flexibility index (Phi) is 12.4. The summed E-state index contributed by atoms with van der Waals surface area (Å²) >= 11 is 0. The summed E-state index contributed by atoms with van der Waals surface area (Å²) in [7, 11) is 4.54. The Bertz CT molecular complexity index is 335. The fraction of sp³-hybridized carbons (Fsp3) is 0.647. The van der Waals surface area contributed by atoms with Gasteiger partial charge in [-0.2, -0.15) is 0 Å². The van der Waals surface area contributed by atoms with Crippen molar-refractivity contribution >= 4 is 8.80 Å². The Labute approximate surface area is 137 Å². The lowest BCUT2D eigenvalue weighted by atomic mass is 10.1.